The van der Waals surface area contributed by atoms with E-state index in [9.17, 15) is 0 Å². The van der Waals surface area contributed by atoms with Gasteiger partial charge in [-0.05, 0) is 24.8 Å². The minimum absolute atomic E-state index is 0.591. The second-order valence-electron chi connectivity index (χ2n) is 6.14. The number of unbranched alkanes of at least 4 members (excludes halogenated alkanes) is 3. The van der Waals surface area contributed by atoms with E-state index in [-0.39, 0.29) is 0 Å². The van der Waals surface area contributed by atoms with Crippen LogP contribution in [0.5, 0.6) is 0 Å². The molecule has 0 aliphatic rings. The number of aromatic amines is 1. The summed E-state index contributed by atoms with van der Waals surface area (Å²) < 4.78 is 2.36. The maximum absolute atomic E-state index is 3.19. The predicted octanol–water partition coefficient (Wildman–Crippen LogP) is 4.69. The first kappa shape index (κ1) is 15.8. The van der Waals surface area contributed by atoms with Gasteiger partial charge in [-0.2, -0.15) is 0 Å². The minimum atomic E-state index is 0.591. The van der Waals surface area contributed by atoms with Gasteiger partial charge < -0.3 is 0 Å². The van der Waals surface area contributed by atoms with E-state index in [1.807, 2.05) is 6.20 Å². The normalized spacial score (nSPS) is 14.0. The van der Waals surface area contributed by atoms with E-state index < -0.39 is 0 Å². The first-order valence-electron chi connectivity index (χ1n) is 8.38. The van der Waals surface area contributed by atoms with Gasteiger partial charge in [-0.1, -0.05) is 63.4 Å². The van der Waals surface area contributed by atoms with Crippen molar-refractivity contribution < 1.29 is 4.57 Å². The van der Waals surface area contributed by atoms with Crippen molar-refractivity contribution in [3.05, 3.63) is 54.6 Å². The molecule has 0 saturated heterocycles. The fraction of sp³-hybridized carbons (Fsp3) is 0.526. The summed E-state index contributed by atoms with van der Waals surface area (Å²) in [5, 5.41) is 0. The molecule has 0 fully saturated rings. The topological polar surface area (TPSA) is 19.7 Å². The maximum Gasteiger partial charge on any atom is 0.241 e. The monoisotopic (exact) mass is 285 g/mol. The number of imidazole rings is 1. The molecule has 0 bridgehead atoms. The Morgan fingerprint density at radius 3 is 2.57 bits per heavy atom. The third-order valence-electron chi connectivity index (χ3n) is 4.36. The molecule has 114 valence electrons. The van der Waals surface area contributed by atoms with Crippen molar-refractivity contribution in [1.29, 1.82) is 0 Å². The zero-order valence-electron chi connectivity index (χ0n) is 13.5. The molecule has 0 saturated carbocycles. The molecule has 0 aliphatic heterocycles. The zero-order chi connectivity index (χ0) is 14.9. The Labute approximate surface area is 129 Å². The molecule has 2 nitrogen and oxygen atoms in total. The van der Waals surface area contributed by atoms with Crippen molar-refractivity contribution in [2.24, 2.45) is 5.92 Å². The van der Waals surface area contributed by atoms with Gasteiger partial charge in [0, 0.05) is 5.92 Å². The molecule has 1 N–H and O–H groups in total. The molecule has 1 heterocycles. The molecule has 0 radical (unpaired) electrons. The van der Waals surface area contributed by atoms with Crippen molar-refractivity contribution >= 4 is 0 Å². The molecule has 1 aromatic carbocycles. The summed E-state index contributed by atoms with van der Waals surface area (Å²) in [6, 6.07) is 11.5. The Bertz CT molecular complexity index is 476. The van der Waals surface area contributed by atoms with E-state index in [1.165, 1.54) is 37.7 Å². The highest BCUT2D eigenvalue weighted by Crippen LogP contribution is 2.23. The fourth-order valence-electron chi connectivity index (χ4n) is 3.14. The van der Waals surface area contributed by atoms with E-state index in [0.29, 0.717) is 12.0 Å². The molecular formula is C19H29N2+. The molecule has 2 unspecified atom stereocenters. The maximum atomic E-state index is 3.19. The van der Waals surface area contributed by atoms with Crippen molar-refractivity contribution in [1.82, 2.24) is 4.98 Å². The van der Waals surface area contributed by atoms with Crippen LogP contribution >= 0.6 is 0 Å². The Morgan fingerprint density at radius 1 is 1.10 bits per heavy atom. The van der Waals surface area contributed by atoms with Gasteiger partial charge in [-0.25, -0.2) is 4.57 Å². The number of aromatic nitrogens is 2. The highest BCUT2D eigenvalue weighted by Gasteiger charge is 2.22. The molecule has 2 rings (SSSR count). The predicted molar refractivity (Wildman–Crippen MR) is 88.1 cm³/mol. The number of benzene rings is 1. The molecule has 0 spiro atoms. The van der Waals surface area contributed by atoms with Crippen LogP contribution in [0.3, 0.4) is 0 Å². The minimum Gasteiger partial charge on any atom is -0.250 e. The first-order chi connectivity index (χ1) is 10.3. The SMILES string of the molecule is CCCCCCC(C(C)Cc1ccccc1)[n+]1cc[nH]c1. The smallest absolute Gasteiger partial charge is 0.241 e. The Balaban J connectivity index is 1.97. The highest BCUT2D eigenvalue weighted by molar-refractivity contribution is 5.15. The van der Waals surface area contributed by atoms with Gasteiger partial charge in [0.2, 0.25) is 6.33 Å². The van der Waals surface area contributed by atoms with Crippen molar-refractivity contribution in [2.45, 2.75) is 58.4 Å². The van der Waals surface area contributed by atoms with Gasteiger partial charge in [0.1, 0.15) is 18.4 Å². The summed E-state index contributed by atoms with van der Waals surface area (Å²) >= 11 is 0. The summed E-state index contributed by atoms with van der Waals surface area (Å²) in [4.78, 5) is 3.19. The van der Waals surface area contributed by atoms with Gasteiger partial charge in [0.15, 0.2) is 0 Å². The molecule has 0 amide bonds. The van der Waals surface area contributed by atoms with Crippen molar-refractivity contribution in [3.8, 4) is 0 Å². The van der Waals surface area contributed by atoms with Crippen LogP contribution in [0.1, 0.15) is 57.6 Å². The summed E-state index contributed by atoms with van der Waals surface area (Å²) in [5.74, 6) is 0.648. The molecule has 2 heteroatoms. The van der Waals surface area contributed by atoms with Gasteiger partial charge in [-0.3, -0.25) is 4.98 Å². The number of hydrogen-bond donors (Lipinski definition) is 1. The van der Waals surface area contributed by atoms with E-state index in [2.05, 4.69) is 66.3 Å². The molecular weight excluding hydrogens is 256 g/mol. The average Bonchev–Trinajstić information content (AvgIpc) is 3.02. The Morgan fingerprint density at radius 2 is 1.90 bits per heavy atom. The number of H-pyrrole nitrogens is 1. The van der Waals surface area contributed by atoms with Crippen LogP contribution in [0.2, 0.25) is 0 Å². The van der Waals surface area contributed by atoms with Crippen LogP contribution in [0.15, 0.2) is 49.1 Å². The lowest BCUT2D eigenvalue weighted by Crippen LogP contribution is -2.41. The molecule has 1 aromatic heterocycles. The second kappa shape index (κ2) is 8.66. The van der Waals surface area contributed by atoms with E-state index in [1.54, 1.807) is 0 Å². The zero-order valence-corrected chi connectivity index (χ0v) is 13.5. The van der Waals surface area contributed by atoms with E-state index in [0.717, 1.165) is 6.42 Å². The Hall–Kier alpha value is -1.57. The lowest BCUT2D eigenvalue weighted by Gasteiger charge is -2.21. The van der Waals surface area contributed by atoms with Crippen LogP contribution in [0, 0.1) is 5.92 Å². The summed E-state index contributed by atoms with van der Waals surface area (Å²) in [6.45, 7) is 4.66. The van der Waals surface area contributed by atoms with Crippen LogP contribution in [0.25, 0.3) is 0 Å². The van der Waals surface area contributed by atoms with Crippen molar-refractivity contribution in [2.75, 3.05) is 0 Å². The summed E-state index contributed by atoms with van der Waals surface area (Å²) in [7, 11) is 0. The summed E-state index contributed by atoms with van der Waals surface area (Å²) in [5.41, 5.74) is 1.44. The highest BCUT2D eigenvalue weighted by atomic mass is 15.1. The van der Waals surface area contributed by atoms with E-state index >= 15 is 0 Å². The first-order valence-corrected chi connectivity index (χ1v) is 8.38. The van der Waals surface area contributed by atoms with Crippen LogP contribution in [0.4, 0.5) is 0 Å². The van der Waals surface area contributed by atoms with Crippen molar-refractivity contribution in [3.63, 3.8) is 0 Å². The number of rotatable bonds is 9. The largest absolute Gasteiger partial charge is 0.250 e. The van der Waals surface area contributed by atoms with Crippen LogP contribution < -0.4 is 4.57 Å². The second-order valence-corrected chi connectivity index (χ2v) is 6.14. The molecule has 2 aromatic rings. The van der Waals surface area contributed by atoms with Gasteiger partial charge >= 0.3 is 0 Å². The van der Waals surface area contributed by atoms with Gasteiger partial charge in [0.25, 0.3) is 0 Å². The van der Waals surface area contributed by atoms with Crippen LogP contribution in [-0.4, -0.2) is 4.98 Å². The van der Waals surface area contributed by atoms with E-state index in [4.69, 9.17) is 0 Å². The van der Waals surface area contributed by atoms with Crippen LogP contribution in [-0.2, 0) is 6.42 Å². The third-order valence-corrected chi connectivity index (χ3v) is 4.36. The Kier molecular flexibility index (Phi) is 6.52. The molecule has 21 heavy (non-hydrogen) atoms. The quantitative estimate of drug-likeness (QED) is 0.509. The fourth-order valence-corrected chi connectivity index (χ4v) is 3.14. The lowest BCUT2D eigenvalue weighted by atomic mass is 9.90. The number of hydrogen-bond acceptors (Lipinski definition) is 0. The number of nitrogens with zero attached hydrogens (tertiary/aromatic N) is 1. The molecule has 0 aliphatic carbocycles. The standard InChI is InChI=1S/C19H28N2/c1-3-4-5-9-12-19(21-14-13-20-16-21)17(2)15-18-10-7-6-8-11-18/h6-8,10-11,13-14,16-17,19H,3-5,9,12,15H2,1-2H3/p+1. The third kappa shape index (κ3) is 5.04. The summed E-state index contributed by atoms with van der Waals surface area (Å²) in [6.07, 6.45) is 14.1. The van der Waals surface area contributed by atoms with Gasteiger partial charge in [0.05, 0.1) is 0 Å². The molecule has 2 atom stereocenters. The number of nitrogens with one attached hydrogen (secondary N) is 1. The van der Waals surface area contributed by atoms with Gasteiger partial charge in [-0.15, -0.1) is 0 Å². The lowest BCUT2D eigenvalue weighted by molar-refractivity contribution is -0.729. The average molecular weight is 285 g/mol.